The number of Topliss-reactive ketones (excluding diaryl/α,β-unsaturated/α-hetero) is 1. The van der Waals surface area contributed by atoms with Crippen molar-refractivity contribution in [2.45, 2.75) is 51.9 Å². The summed E-state index contributed by atoms with van der Waals surface area (Å²) in [6.45, 7) is 6.76. The fourth-order valence-electron chi connectivity index (χ4n) is 3.72. The molecule has 0 spiro atoms. The molecule has 1 aromatic carbocycles. The molecule has 0 unspecified atom stereocenters. The maximum Gasteiger partial charge on any atom is 0.231 e. The molecule has 4 rings (SSSR count). The number of ether oxygens (including phenoxy) is 2. The maximum absolute atomic E-state index is 13.1. The third-order valence-electron chi connectivity index (χ3n) is 5.13. The highest BCUT2D eigenvalue weighted by molar-refractivity contribution is 8.22. The standard InChI is InChI=1S/C22H26O3S2/c1-22(2,3)17-9-8-15(19-20(17)25-13-24-19)12-14-6-4-7-16(18(14)23)21-26-10-5-11-27-21/h8-9,12H,4-7,10-11,13H2,1-3H3/b14-12-. The number of thioether (sulfide) groups is 2. The van der Waals surface area contributed by atoms with E-state index in [0.717, 1.165) is 64.5 Å². The number of rotatable bonds is 1. The van der Waals surface area contributed by atoms with Gasteiger partial charge in [0.2, 0.25) is 6.79 Å². The van der Waals surface area contributed by atoms with Crippen molar-refractivity contribution in [3.05, 3.63) is 38.6 Å². The Kier molecular flexibility index (Phi) is 5.34. The molecule has 27 heavy (non-hydrogen) atoms. The minimum Gasteiger partial charge on any atom is -0.453 e. The minimum absolute atomic E-state index is 0.0167. The summed E-state index contributed by atoms with van der Waals surface area (Å²) < 4.78 is 12.8. The van der Waals surface area contributed by atoms with Crippen LogP contribution in [0.15, 0.2) is 27.5 Å². The van der Waals surface area contributed by atoms with Gasteiger partial charge in [-0.2, -0.15) is 0 Å². The van der Waals surface area contributed by atoms with Crippen LogP contribution in [-0.4, -0.2) is 24.1 Å². The summed E-state index contributed by atoms with van der Waals surface area (Å²) in [5.74, 6) is 4.10. The summed E-state index contributed by atoms with van der Waals surface area (Å²) in [4.78, 5) is 13.1. The van der Waals surface area contributed by atoms with Gasteiger partial charge in [-0.3, -0.25) is 4.79 Å². The van der Waals surface area contributed by atoms with Crippen LogP contribution in [0.3, 0.4) is 0 Å². The Hall–Kier alpha value is -1.33. The number of carbonyl (C=O) groups excluding carboxylic acids is 1. The van der Waals surface area contributed by atoms with Crippen LogP contribution in [0.2, 0.25) is 0 Å². The molecule has 0 bridgehead atoms. The lowest BCUT2D eigenvalue weighted by molar-refractivity contribution is -0.112. The van der Waals surface area contributed by atoms with Crippen molar-refractivity contribution in [2.24, 2.45) is 0 Å². The van der Waals surface area contributed by atoms with E-state index < -0.39 is 0 Å². The summed E-state index contributed by atoms with van der Waals surface area (Å²) in [7, 11) is 0. The SMILES string of the molecule is CC(C)(C)c1ccc(/C=C2/CCCC(=C3SCCCS3)C2=O)c2c1OCO2. The summed E-state index contributed by atoms with van der Waals surface area (Å²) in [5, 5.41) is 0. The second-order valence-electron chi connectivity index (χ2n) is 8.19. The normalized spacial score (nSPS) is 21.9. The highest BCUT2D eigenvalue weighted by Crippen LogP contribution is 2.46. The molecule has 1 saturated carbocycles. The van der Waals surface area contributed by atoms with Gasteiger partial charge in [-0.1, -0.05) is 32.9 Å². The van der Waals surface area contributed by atoms with Crippen molar-refractivity contribution in [3.8, 4) is 11.5 Å². The van der Waals surface area contributed by atoms with Crippen molar-refractivity contribution in [1.29, 1.82) is 0 Å². The van der Waals surface area contributed by atoms with E-state index in [1.165, 1.54) is 10.7 Å². The van der Waals surface area contributed by atoms with E-state index in [2.05, 4.69) is 32.9 Å². The number of hydrogen-bond acceptors (Lipinski definition) is 5. The summed E-state index contributed by atoms with van der Waals surface area (Å²) in [5.41, 5.74) is 4.01. The Balaban J connectivity index is 1.70. The molecule has 2 aliphatic heterocycles. The Morgan fingerprint density at radius 3 is 2.48 bits per heavy atom. The number of benzene rings is 1. The Morgan fingerprint density at radius 2 is 1.74 bits per heavy atom. The predicted molar refractivity (Wildman–Crippen MR) is 115 cm³/mol. The molecule has 1 aliphatic carbocycles. The van der Waals surface area contributed by atoms with Gasteiger partial charge in [0.05, 0.1) is 0 Å². The van der Waals surface area contributed by atoms with Crippen LogP contribution in [0.5, 0.6) is 11.5 Å². The van der Waals surface area contributed by atoms with Gasteiger partial charge >= 0.3 is 0 Å². The van der Waals surface area contributed by atoms with Crippen molar-refractivity contribution >= 4 is 35.4 Å². The average Bonchev–Trinajstić information content (AvgIpc) is 3.13. The average molecular weight is 403 g/mol. The molecular formula is C22H26O3S2. The van der Waals surface area contributed by atoms with Crippen LogP contribution in [0.4, 0.5) is 0 Å². The van der Waals surface area contributed by atoms with Gasteiger partial charge in [0.1, 0.15) is 0 Å². The van der Waals surface area contributed by atoms with E-state index in [-0.39, 0.29) is 18.0 Å². The molecule has 3 aliphatic rings. The maximum atomic E-state index is 13.1. The number of carbonyl (C=O) groups is 1. The van der Waals surface area contributed by atoms with E-state index in [0.29, 0.717) is 0 Å². The van der Waals surface area contributed by atoms with Crippen molar-refractivity contribution in [2.75, 3.05) is 18.3 Å². The summed E-state index contributed by atoms with van der Waals surface area (Å²) >= 11 is 3.71. The van der Waals surface area contributed by atoms with Crippen LogP contribution in [0.25, 0.3) is 6.08 Å². The molecule has 1 aromatic rings. The lowest BCUT2D eigenvalue weighted by Gasteiger charge is -2.23. The molecule has 2 heterocycles. The van der Waals surface area contributed by atoms with Gasteiger partial charge < -0.3 is 9.47 Å². The lowest BCUT2D eigenvalue weighted by Crippen LogP contribution is -2.14. The highest BCUT2D eigenvalue weighted by Gasteiger charge is 2.29. The monoisotopic (exact) mass is 402 g/mol. The fraction of sp³-hybridized carbons (Fsp3) is 0.500. The molecule has 2 fully saturated rings. The van der Waals surface area contributed by atoms with Crippen LogP contribution >= 0.6 is 23.5 Å². The van der Waals surface area contributed by atoms with E-state index in [4.69, 9.17) is 9.47 Å². The Labute approximate surface area is 170 Å². The third-order valence-corrected chi connectivity index (χ3v) is 7.84. The molecule has 0 amide bonds. The molecule has 0 atom stereocenters. The molecule has 1 saturated heterocycles. The van der Waals surface area contributed by atoms with Gasteiger partial charge in [-0.05, 0) is 48.7 Å². The number of fused-ring (bicyclic) bond motifs is 1. The van der Waals surface area contributed by atoms with Crippen molar-refractivity contribution in [3.63, 3.8) is 0 Å². The second-order valence-corrected chi connectivity index (χ2v) is 10.7. The lowest BCUT2D eigenvalue weighted by atomic mass is 9.84. The summed E-state index contributed by atoms with van der Waals surface area (Å²) in [6, 6.07) is 4.18. The van der Waals surface area contributed by atoms with Gasteiger partial charge in [0.25, 0.3) is 0 Å². The smallest absolute Gasteiger partial charge is 0.231 e. The second kappa shape index (κ2) is 7.59. The predicted octanol–water partition coefficient (Wildman–Crippen LogP) is 5.93. The first-order valence-corrected chi connectivity index (χ1v) is 11.6. The molecule has 0 radical (unpaired) electrons. The molecular weight excluding hydrogens is 376 g/mol. The number of ketones is 1. The number of allylic oxidation sites excluding steroid dienone is 2. The van der Waals surface area contributed by atoms with Gasteiger partial charge in [0, 0.05) is 26.5 Å². The van der Waals surface area contributed by atoms with Gasteiger partial charge in [-0.25, -0.2) is 0 Å². The van der Waals surface area contributed by atoms with E-state index in [9.17, 15) is 4.79 Å². The fourth-order valence-corrected chi connectivity index (χ4v) is 6.43. The highest BCUT2D eigenvalue weighted by atomic mass is 32.2. The first kappa shape index (κ1) is 19.0. The number of hydrogen-bond donors (Lipinski definition) is 0. The zero-order valence-electron chi connectivity index (χ0n) is 16.2. The van der Waals surface area contributed by atoms with E-state index >= 15 is 0 Å². The molecule has 3 nitrogen and oxygen atoms in total. The van der Waals surface area contributed by atoms with Crippen LogP contribution in [0.1, 0.15) is 57.6 Å². The third kappa shape index (κ3) is 3.81. The van der Waals surface area contributed by atoms with E-state index in [1.807, 2.05) is 29.6 Å². The van der Waals surface area contributed by atoms with Crippen LogP contribution in [0, 0.1) is 0 Å². The van der Waals surface area contributed by atoms with Crippen LogP contribution < -0.4 is 9.47 Å². The van der Waals surface area contributed by atoms with E-state index in [1.54, 1.807) is 0 Å². The van der Waals surface area contributed by atoms with Crippen molar-refractivity contribution in [1.82, 2.24) is 0 Å². The first-order chi connectivity index (χ1) is 12.9. The molecule has 5 heteroatoms. The molecule has 0 N–H and O–H groups in total. The topological polar surface area (TPSA) is 35.5 Å². The zero-order valence-corrected chi connectivity index (χ0v) is 17.9. The van der Waals surface area contributed by atoms with Crippen LogP contribution in [-0.2, 0) is 10.2 Å². The first-order valence-electron chi connectivity index (χ1n) is 9.62. The van der Waals surface area contributed by atoms with Gasteiger partial charge in [-0.15, -0.1) is 23.5 Å². The Bertz CT molecular complexity index is 823. The van der Waals surface area contributed by atoms with Crippen molar-refractivity contribution < 1.29 is 14.3 Å². The zero-order chi connectivity index (χ0) is 19.0. The quantitative estimate of drug-likeness (QED) is 0.544. The minimum atomic E-state index is -0.0167. The largest absolute Gasteiger partial charge is 0.453 e. The molecule has 0 aromatic heterocycles. The summed E-state index contributed by atoms with van der Waals surface area (Å²) in [6.07, 6.45) is 6.04. The van der Waals surface area contributed by atoms with Gasteiger partial charge in [0.15, 0.2) is 17.3 Å². The molecule has 144 valence electrons. The Morgan fingerprint density at radius 1 is 1.00 bits per heavy atom.